The zero-order valence-electron chi connectivity index (χ0n) is 14.3. The molecule has 2 aromatic carbocycles. The molecule has 8 heteroatoms. The fraction of sp³-hybridized carbons (Fsp3) is 0.105. The normalized spacial score (nSPS) is 12.6. The Morgan fingerprint density at radius 3 is 2.74 bits per heavy atom. The van der Waals surface area contributed by atoms with Crippen molar-refractivity contribution in [3.8, 4) is 23.1 Å². The van der Waals surface area contributed by atoms with E-state index in [2.05, 4.69) is 9.98 Å². The van der Waals surface area contributed by atoms with Crippen LogP contribution in [0.1, 0.15) is 11.1 Å². The summed E-state index contributed by atoms with van der Waals surface area (Å²) in [4.78, 5) is 30.8. The Hall–Kier alpha value is -3.81. The standard InChI is InChI=1S/C19H15N3O5/c1-11-4-2-3-5-14(11)22-18(24)13(17(23)21-19(22)25)9-20-12-6-7-15-16(8-12)27-10-26-15/h2-9,24H,10H2,1H3,(H,21,23,25). The molecule has 1 aliphatic rings. The maximum atomic E-state index is 12.2. The van der Waals surface area contributed by atoms with E-state index in [1.54, 1.807) is 43.3 Å². The Balaban J connectivity index is 1.80. The minimum atomic E-state index is -0.730. The number of nitrogens with zero attached hydrogens (tertiary/aromatic N) is 2. The van der Waals surface area contributed by atoms with Crippen molar-refractivity contribution in [3.63, 3.8) is 0 Å². The smallest absolute Gasteiger partial charge is 0.335 e. The van der Waals surface area contributed by atoms with Crippen LogP contribution in [0.2, 0.25) is 0 Å². The molecule has 0 unspecified atom stereocenters. The van der Waals surface area contributed by atoms with Gasteiger partial charge >= 0.3 is 5.69 Å². The molecule has 2 N–H and O–H groups in total. The zero-order chi connectivity index (χ0) is 19.0. The minimum Gasteiger partial charge on any atom is -0.493 e. The number of para-hydroxylation sites is 1. The van der Waals surface area contributed by atoms with Crippen LogP contribution in [-0.4, -0.2) is 27.7 Å². The largest absolute Gasteiger partial charge is 0.493 e. The molecule has 4 rings (SSSR count). The highest BCUT2D eigenvalue weighted by atomic mass is 16.7. The van der Waals surface area contributed by atoms with E-state index in [1.165, 1.54) is 6.21 Å². The lowest BCUT2D eigenvalue weighted by Crippen LogP contribution is -2.31. The molecule has 0 bridgehead atoms. The number of aromatic nitrogens is 2. The topological polar surface area (TPSA) is 106 Å². The lowest BCUT2D eigenvalue weighted by molar-refractivity contribution is 0.174. The Kier molecular flexibility index (Phi) is 4.00. The van der Waals surface area contributed by atoms with Gasteiger partial charge in [-0.05, 0) is 30.7 Å². The second-order valence-electron chi connectivity index (χ2n) is 5.91. The summed E-state index contributed by atoms with van der Waals surface area (Å²) in [5.41, 5.74) is 0.149. The maximum absolute atomic E-state index is 12.2. The van der Waals surface area contributed by atoms with Crippen LogP contribution in [0, 0.1) is 6.92 Å². The van der Waals surface area contributed by atoms with E-state index in [0.717, 1.165) is 10.1 Å². The summed E-state index contributed by atoms with van der Waals surface area (Å²) in [5.74, 6) is 0.679. The van der Waals surface area contributed by atoms with E-state index in [-0.39, 0.29) is 12.4 Å². The van der Waals surface area contributed by atoms with Gasteiger partial charge in [0.25, 0.3) is 5.56 Å². The van der Waals surface area contributed by atoms with Crippen molar-refractivity contribution < 1.29 is 14.6 Å². The van der Waals surface area contributed by atoms with E-state index >= 15 is 0 Å². The van der Waals surface area contributed by atoms with Gasteiger partial charge in [-0.2, -0.15) is 0 Å². The van der Waals surface area contributed by atoms with Crippen LogP contribution in [0.15, 0.2) is 57.0 Å². The van der Waals surface area contributed by atoms with E-state index < -0.39 is 17.1 Å². The van der Waals surface area contributed by atoms with Gasteiger partial charge in [-0.25, -0.2) is 9.36 Å². The van der Waals surface area contributed by atoms with Crippen LogP contribution in [0.3, 0.4) is 0 Å². The monoisotopic (exact) mass is 365 g/mol. The van der Waals surface area contributed by atoms with Crippen molar-refractivity contribution >= 4 is 11.9 Å². The van der Waals surface area contributed by atoms with Gasteiger partial charge in [0.15, 0.2) is 11.5 Å². The fourth-order valence-electron chi connectivity index (χ4n) is 2.80. The first kappa shape index (κ1) is 16.6. The van der Waals surface area contributed by atoms with Gasteiger partial charge in [-0.1, -0.05) is 18.2 Å². The molecule has 0 aliphatic carbocycles. The van der Waals surface area contributed by atoms with Crippen LogP contribution < -0.4 is 20.7 Å². The summed E-state index contributed by atoms with van der Waals surface area (Å²) >= 11 is 0. The highest BCUT2D eigenvalue weighted by molar-refractivity contribution is 5.84. The third-order valence-corrected chi connectivity index (χ3v) is 4.18. The summed E-state index contributed by atoms with van der Waals surface area (Å²) in [7, 11) is 0. The lowest BCUT2D eigenvalue weighted by Gasteiger charge is -2.11. The number of aromatic amines is 1. The van der Waals surface area contributed by atoms with Gasteiger partial charge in [0, 0.05) is 12.3 Å². The predicted octanol–water partition coefficient (Wildman–Crippen LogP) is 2.02. The van der Waals surface area contributed by atoms with Crippen LogP contribution in [0.25, 0.3) is 5.69 Å². The van der Waals surface area contributed by atoms with E-state index in [9.17, 15) is 14.7 Å². The molecule has 8 nitrogen and oxygen atoms in total. The van der Waals surface area contributed by atoms with Crippen LogP contribution in [0.4, 0.5) is 5.69 Å². The van der Waals surface area contributed by atoms with Crippen LogP contribution in [-0.2, 0) is 0 Å². The number of fused-ring (bicyclic) bond motifs is 1. The SMILES string of the molecule is Cc1ccccc1-n1c(O)c(C=Nc2ccc3c(c2)OCO3)c(=O)[nH]c1=O. The number of aromatic hydroxyl groups is 1. The Bertz CT molecular complexity index is 1180. The van der Waals surface area contributed by atoms with Gasteiger partial charge in [-0.3, -0.25) is 14.8 Å². The second-order valence-corrected chi connectivity index (χ2v) is 5.91. The maximum Gasteiger partial charge on any atom is 0.335 e. The first-order valence-corrected chi connectivity index (χ1v) is 8.12. The number of aryl methyl sites for hydroxylation is 1. The molecule has 3 aromatic rings. The van der Waals surface area contributed by atoms with E-state index in [0.29, 0.717) is 22.9 Å². The number of nitrogens with one attached hydrogen (secondary N) is 1. The van der Waals surface area contributed by atoms with Gasteiger partial charge in [-0.15, -0.1) is 0 Å². The molecule has 0 saturated carbocycles. The quantitative estimate of drug-likeness (QED) is 0.691. The first-order valence-electron chi connectivity index (χ1n) is 8.12. The number of aliphatic imine (C=N–C) groups is 1. The third kappa shape index (κ3) is 2.97. The number of benzene rings is 2. The van der Waals surface area contributed by atoms with Crippen molar-refractivity contribution in [2.24, 2.45) is 4.99 Å². The third-order valence-electron chi connectivity index (χ3n) is 4.18. The predicted molar refractivity (Wildman–Crippen MR) is 98.9 cm³/mol. The summed E-state index contributed by atoms with van der Waals surface area (Å²) < 4.78 is 11.6. The van der Waals surface area contributed by atoms with Crippen molar-refractivity contribution in [1.82, 2.24) is 9.55 Å². The molecular formula is C19H15N3O5. The molecule has 0 spiro atoms. The van der Waals surface area contributed by atoms with Crippen molar-refractivity contribution in [2.45, 2.75) is 6.92 Å². The fourth-order valence-corrected chi connectivity index (χ4v) is 2.80. The minimum absolute atomic E-state index is 0.129. The van der Waals surface area contributed by atoms with Gasteiger partial charge in [0.2, 0.25) is 12.7 Å². The number of rotatable bonds is 3. The van der Waals surface area contributed by atoms with Crippen molar-refractivity contribution in [3.05, 3.63) is 74.4 Å². The summed E-state index contributed by atoms with van der Waals surface area (Å²) in [6, 6.07) is 12.1. The molecule has 1 aliphatic heterocycles. The van der Waals surface area contributed by atoms with Gasteiger partial charge in [0.1, 0.15) is 5.56 Å². The molecular weight excluding hydrogens is 350 g/mol. The molecule has 0 radical (unpaired) electrons. The highest BCUT2D eigenvalue weighted by Crippen LogP contribution is 2.35. The van der Waals surface area contributed by atoms with Crippen LogP contribution >= 0.6 is 0 Å². The molecule has 0 saturated heterocycles. The summed E-state index contributed by atoms with van der Waals surface area (Å²) in [6.45, 7) is 1.94. The first-order chi connectivity index (χ1) is 13.0. The van der Waals surface area contributed by atoms with Crippen molar-refractivity contribution in [1.29, 1.82) is 0 Å². The molecule has 0 atom stereocenters. The van der Waals surface area contributed by atoms with Crippen molar-refractivity contribution in [2.75, 3.05) is 6.79 Å². The number of ether oxygens (including phenoxy) is 2. The summed E-state index contributed by atoms with van der Waals surface area (Å²) in [5, 5.41) is 10.6. The lowest BCUT2D eigenvalue weighted by atomic mass is 10.2. The average Bonchev–Trinajstić information content (AvgIpc) is 3.10. The van der Waals surface area contributed by atoms with E-state index in [1.807, 2.05) is 6.07 Å². The number of H-pyrrole nitrogens is 1. The molecule has 0 fully saturated rings. The number of hydrogen-bond acceptors (Lipinski definition) is 6. The Morgan fingerprint density at radius 2 is 1.93 bits per heavy atom. The molecule has 2 heterocycles. The van der Waals surface area contributed by atoms with Crippen LogP contribution in [0.5, 0.6) is 17.4 Å². The van der Waals surface area contributed by atoms with Gasteiger partial charge < -0.3 is 14.6 Å². The highest BCUT2D eigenvalue weighted by Gasteiger charge is 2.16. The van der Waals surface area contributed by atoms with E-state index in [4.69, 9.17) is 9.47 Å². The van der Waals surface area contributed by atoms with Gasteiger partial charge in [0.05, 0.1) is 11.4 Å². The molecule has 136 valence electrons. The molecule has 0 amide bonds. The Labute approximate surface area is 153 Å². The summed E-state index contributed by atoms with van der Waals surface area (Å²) in [6.07, 6.45) is 1.21. The molecule has 1 aromatic heterocycles. The molecule has 27 heavy (non-hydrogen) atoms. The zero-order valence-corrected chi connectivity index (χ0v) is 14.3. The Morgan fingerprint density at radius 1 is 1.15 bits per heavy atom. The number of hydrogen-bond donors (Lipinski definition) is 2. The second kappa shape index (κ2) is 6.49. The average molecular weight is 365 g/mol.